The Kier molecular flexibility index (Phi) is 4.12. The van der Waals surface area contributed by atoms with Crippen LogP contribution in [-0.4, -0.2) is 10.1 Å². The lowest BCUT2D eigenvalue weighted by Gasteiger charge is -2.19. The van der Waals surface area contributed by atoms with Crippen molar-refractivity contribution < 1.29 is 5.11 Å². The van der Waals surface area contributed by atoms with E-state index in [0.717, 1.165) is 16.8 Å². The third-order valence-electron chi connectivity index (χ3n) is 3.32. The van der Waals surface area contributed by atoms with E-state index in [4.69, 9.17) is 17.3 Å². The molecular weight excluding hydrogens is 286 g/mol. The van der Waals surface area contributed by atoms with Crippen molar-refractivity contribution in [2.24, 2.45) is 0 Å². The van der Waals surface area contributed by atoms with Crippen LogP contribution < -0.4 is 11.1 Å². The molecule has 0 saturated carbocycles. The van der Waals surface area contributed by atoms with E-state index in [1.54, 1.807) is 19.9 Å². The van der Waals surface area contributed by atoms with Gasteiger partial charge in [-0.25, -0.2) is 4.98 Å². The van der Waals surface area contributed by atoms with Crippen LogP contribution in [0.4, 0.5) is 17.2 Å². The number of rotatable bonds is 3. The molecule has 0 saturated heterocycles. The molecule has 4 N–H and O–H groups in total. The monoisotopic (exact) mass is 305 g/mol. The van der Waals surface area contributed by atoms with Gasteiger partial charge in [0.05, 0.1) is 22.0 Å². The van der Waals surface area contributed by atoms with Gasteiger partial charge in [-0.1, -0.05) is 17.7 Å². The van der Waals surface area contributed by atoms with Crippen LogP contribution in [0, 0.1) is 13.8 Å². The first-order valence-electron chi connectivity index (χ1n) is 6.71. The summed E-state index contributed by atoms with van der Waals surface area (Å²) in [5, 5.41) is 13.7. The smallest absolute Gasteiger partial charge is 0.154 e. The Balaban J connectivity index is 2.37. The summed E-state index contributed by atoms with van der Waals surface area (Å²) in [6.45, 7) is 7.29. The van der Waals surface area contributed by atoms with Crippen molar-refractivity contribution in [1.82, 2.24) is 4.98 Å². The lowest BCUT2D eigenvalue weighted by atomic mass is 9.98. The minimum atomic E-state index is -0.931. The summed E-state index contributed by atoms with van der Waals surface area (Å²) in [7, 11) is 0. The molecule has 0 radical (unpaired) electrons. The van der Waals surface area contributed by atoms with Crippen LogP contribution in [0.3, 0.4) is 0 Å². The first kappa shape index (κ1) is 15.6. The Morgan fingerprint density at radius 1 is 1.24 bits per heavy atom. The molecule has 0 spiro atoms. The molecule has 0 fully saturated rings. The second-order valence-electron chi connectivity index (χ2n) is 5.72. The lowest BCUT2D eigenvalue weighted by Crippen LogP contribution is -2.15. The predicted molar refractivity (Wildman–Crippen MR) is 88.1 cm³/mol. The van der Waals surface area contributed by atoms with E-state index < -0.39 is 5.60 Å². The number of nitrogens with two attached hydrogens (primary N) is 1. The van der Waals surface area contributed by atoms with Crippen molar-refractivity contribution in [2.45, 2.75) is 33.3 Å². The Morgan fingerprint density at radius 3 is 2.48 bits per heavy atom. The molecule has 2 rings (SSSR count). The summed E-state index contributed by atoms with van der Waals surface area (Å²) in [4.78, 5) is 4.40. The van der Waals surface area contributed by atoms with Gasteiger partial charge in [0, 0.05) is 5.69 Å². The molecule has 21 heavy (non-hydrogen) atoms. The molecule has 4 nitrogen and oxygen atoms in total. The number of halogens is 1. The molecule has 1 aromatic carbocycles. The van der Waals surface area contributed by atoms with E-state index in [-0.39, 0.29) is 0 Å². The van der Waals surface area contributed by atoms with E-state index in [2.05, 4.69) is 10.3 Å². The van der Waals surface area contributed by atoms with Crippen molar-refractivity contribution in [1.29, 1.82) is 0 Å². The number of nitrogen functional groups attached to an aromatic ring is 1. The number of aliphatic hydroxyl groups is 1. The Morgan fingerprint density at radius 2 is 1.90 bits per heavy atom. The van der Waals surface area contributed by atoms with Gasteiger partial charge in [-0.3, -0.25) is 0 Å². The highest BCUT2D eigenvalue weighted by Gasteiger charge is 2.17. The van der Waals surface area contributed by atoms with Crippen LogP contribution in [0.15, 0.2) is 24.3 Å². The van der Waals surface area contributed by atoms with Crippen LogP contribution in [0.5, 0.6) is 0 Å². The van der Waals surface area contributed by atoms with E-state index in [1.807, 2.05) is 32.0 Å². The molecule has 5 heteroatoms. The fourth-order valence-electron chi connectivity index (χ4n) is 2.07. The normalized spacial score (nSPS) is 11.5. The van der Waals surface area contributed by atoms with Crippen molar-refractivity contribution in [3.63, 3.8) is 0 Å². The highest BCUT2D eigenvalue weighted by Crippen LogP contribution is 2.32. The standard InChI is InChI=1S/C16H20ClN3O/c1-9-7-10(2)19-15(14(9)18)20-13-6-5-11(8-12(13)17)16(3,4)21/h5-8,21H,18H2,1-4H3,(H,19,20). The van der Waals surface area contributed by atoms with Gasteiger partial charge in [-0.05, 0) is 57.0 Å². The third-order valence-corrected chi connectivity index (χ3v) is 3.63. The highest BCUT2D eigenvalue weighted by atomic mass is 35.5. The van der Waals surface area contributed by atoms with Crippen molar-refractivity contribution >= 4 is 28.8 Å². The maximum absolute atomic E-state index is 10.00. The number of hydrogen-bond acceptors (Lipinski definition) is 4. The third kappa shape index (κ3) is 3.46. The van der Waals surface area contributed by atoms with Gasteiger partial charge in [0.1, 0.15) is 0 Å². The Labute approximate surface area is 130 Å². The Hall–Kier alpha value is -1.78. The summed E-state index contributed by atoms with van der Waals surface area (Å²) in [5.74, 6) is 0.588. The first-order chi connectivity index (χ1) is 9.68. The maximum atomic E-state index is 10.00. The molecule has 0 aliphatic heterocycles. The number of nitrogens with one attached hydrogen (secondary N) is 1. The lowest BCUT2D eigenvalue weighted by molar-refractivity contribution is 0.0786. The number of hydrogen-bond donors (Lipinski definition) is 3. The topological polar surface area (TPSA) is 71.2 Å². The van der Waals surface area contributed by atoms with Crippen LogP contribution >= 0.6 is 11.6 Å². The van der Waals surface area contributed by atoms with E-state index in [9.17, 15) is 5.11 Å². The molecule has 0 bridgehead atoms. The average molecular weight is 306 g/mol. The SMILES string of the molecule is Cc1cc(C)c(N)c(Nc2ccc(C(C)(C)O)cc2Cl)n1. The van der Waals surface area contributed by atoms with Crippen molar-refractivity contribution in [3.05, 3.63) is 46.1 Å². The largest absolute Gasteiger partial charge is 0.396 e. The van der Waals surface area contributed by atoms with Crippen molar-refractivity contribution in [3.8, 4) is 0 Å². The molecule has 112 valence electrons. The molecule has 1 heterocycles. The summed E-state index contributed by atoms with van der Waals surface area (Å²) in [6, 6.07) is 7.31. The molecule has 0 amide bonds. The van der Waals surface area contributed by atoms with Crippen molar-refractivity contribution in [2.75, 3.05) is 11.1 Å². The number of nitrogens with zero attached hydrogens (tertiary/aromatic N) is 1. The predicted octanol–water partition coefficient (Wildman–Crippen LogP) is 3.91. The molecule has 1 aromatic heterocycles. The number of aryl methyl sites for hydroxylation is 2. The molecular formula is C16H20ClN3O. The summed E-state index contributed by atoms with van der Waals surface area (Å²) in [6.07, 6.45) is 0. The molecule has 0 unspecified atom stereocenters. The van der Waals surface area contributed by atoms with Gasteiger partial charge in [-0.15, -0.1) is 0 Å². The quantitative estimate of drug-likeness (QED) is 0.804. The number of aromatic nitrogens is 1. The van der Waals surface area contributed by atoms with Gasteiger partial charge >= 0.3 is 0 Å². The fraction of sp³-hybridized carbons (Fsp3) is 0.312. The Bertz CT molecular complexity index is 678. The molecule has 0 atom stereocenters. The summed E-state index contributed by atoms with van der Waals surface area (Å²) in [5.41, 5.74) is 9.01. The van der Waals surface area contributed by atoms with Gasteiger partial charge in [0.25, 0.3) is 0 Å². The zero-order valence-electron chi connectivity index (χ0n) is 12.7. The second kappa shape index (κ2) is 5.54. The van der Waals surface area contributed by atoms with E-state index in [0.29, 0.717) is 22.2 Å². The number of benzene rings is 1. The fourth-order valence-corrected chi connectivity index (χ4v) is 2.29. The van der Waals surface area contributed by atoms with Crippen LogP contribution in [0.25, 0.3) is 0 Å². The van der Waals surface area contributed by atoms with Crippen LogP contribution in [-0.2, 0) is 5.60 Å². The number of anilines is 3. The zero-order chi connectivity index (χ0) is 15.8. The minimum absolute atomic E-state index is 0.509. The van der Waals surface area contributed by atoms with Gasteiger partial charge in [0.15, 0.2) is 5.82 Å². The van der Waals surface area contributed by atoms with Gasteiger partial charge in [-0.2, -0.15) is 0 Å². The first-order valence-corrected chi connectivity index (χ1v) is 7.09. The zero-order valence-corrected chi connectivity index (χ0v) is 13.4. The molecule has 2 aromatic rings. The highest BCUT2D eigenvalue weighted by molar-refractivity contribution is 6.33. The second-order valence-corrected chi connectivity index (χ2v) is 6.13. The summed E-state index contributed by atoms with van der Waals surface area (Å²) >= 11 is 6.28. The molecule has 0 aliphatic carbocycles. The maximum Gasteiger partial charge on any atom is 0.154 e. The van der Waals surface area contributed by atoms with Gasteiger partial charge < -0.3 is 16.2 Å². The minimum Gasteiger partial charge on any atom is -0.396 e. The van der Waals surface area contributed by atoms with E-state index >= 15 is 0 Å². The molecule has 0 aliphatic rings. The number of pyridine rings is 1. The summed E-state index contributed by atoms with van der Waals surface area (Å²) < 4.78 is 0. The average Bonchev–Trinajstić information content (AvgIpc) is 2.36. The van der Waals surface area contributed by atoms with E-state index in [1.165, 1.54) is 0 Å². The van der Waals surface area contributed by atoms with Gasteiger partial charge in [0.2, 0.25) is 0 Å². The van der Waals surface area contributed by atoms with Crippen LogP contribution in [0.2, 0.25) is 5.02 Å². The van der Waals surface area contributed by atoms with Crippen LogP contribution in [0.1, 0.15) is 30.7 Å².